The van der Waals surface area contributed by atoms with Crippen LogP contribution in [0, 0.1) is 11.3 Å². The van der Waals surface area contributed by atoms with E-state index in [1.54, 1.807) is 6.07 Å². The summed E-state index contributed by atoms with van der Waals surface area (Å²) in [7, 11) is 0. The van der Waals surface area contributed by atoms with Gasteiger partial charge in [0, 0.05) is 6.20 Å². The van der Waals surface area contributed by atoms with Crippen LogP contribution in [0.5, 0.6) is 0 Å². The van der Waals surface area contributed by atoms with Crippen LogP contribution in [-0.2, 0) is 10.9 Å². The minimum absolute atomic E-state index is 0.0682. The Balaban J connectivity index is 2.76. The van der Waals surface area contributed by atoms with Gasteiger partial charge in [-0.15, -0.1) is 0 Å². The third-order valence-corrected chi connectivity index (χ3v) is 2.48. The third kappa shape index (κ3) is 2.30. The van der Waals surface area contributed by atoms with Crippen LogP contribution in [0.3, 0.4) is 0 Å². The number of esters is 1. The molecule has 0 saturated carbocycles. The van der Waals surface area contributed by atoms with Gasteiger partial charge in [0.1, 0.15) is 11.7 Å². The van der Waals surface area contributed by atoms with Crippen molar-refractivity contribution in [1.82, 2.24) is 9.38 Å². The smallest absolute Gasteiger partial charge is 0.435 e. The Kier molecular flexibility index (Phi) is 3.36. The van der Waals surface area contributed by atoms with Crippen molar-refractivity contribution in [2.24, 2.45) is 0 Å². The van der Waals surface area contributed by atoms with Crippen molar-refractivity contribution in [3.63, 3.8) is 0 Å². The van der Waals surface area contributed by atoms with Gasteiger partial charge in [-0.1, -0.05) is 0 Å². The van der Waals surface area contributed by atoms with Crippen molar-refractivity contribution in [3.8, 4) is 6.07 Å². The van der Waals surface area contributed by atoms with Crippen LogP contribution in [0.25, 0.3) is 5.65 Å². The average Bonchev–Trinajstić information content (AvgIpc) is 2.77. The molecule has 0 amide bonds. The molecule has 0 radical (unpaired) electrons. The number of ether oxygens (including phenoxy) is 1. The van der Waals surface area contributed by atoms with Crippen LogP contribution in [-0.4, -0.2) is 22.0 Å². The Morgan fingerprint density at radius 1 is 1.50 bits per heavy atom. The summed E-state index contributed by atoms with van der Waals surface area (Å²) in [5.41, 5.74) is -2.04. The number of alkyl halides is 3. The molecule has 0 spiro atoms. The number of hydrogen-bond acceptors (Lipinski definition) is 4. The maximum atomic E-state index is 12.9. The Labute approximate surface area is 111 Å². The first-order valence-electron chi connectivity index (χ1n) is 5.55. The minimum Gasteiger partial charge on any atom is -0.461 e. The summed E-state index contributed by atoms with van der Waals surface area (Å²) in [4.78, 5) is 15.1. The van der Waals surface area contributed by atoms with E-state index in [4.69, 9.17) is 5.26 Å². The first-order chi connectivity index (χ1) is 9.38. The van der Waals surface area contributed by atoms with Crippen LogP contribution in [0.1, 0.15) is 28.7 Å². The number of carbonyl (C=O) groups excluding carboxylic acids is 1. The number of nitriles is 1. The van der Waals surface area contributed by atoms with Crippen molar-refractivity contribution in [1.29, 1.82) is 5.26 Å². The second-order valence-electron chi connectivity index (χ2n) is 3.79. The van der Waals surface area contributed by atoms with E-state index >= 15 is 0 Å². The maximum Gasteiger partial charge on any atom is 0.435 e. The topological polar surface area (TPSA) is 67.4 Å². The third-order valence-electron chi connectivity index (χ3n) is 2.48. The van der Waals surface area contributed by atoms with Gasteiger partial charge >= 0.3 is 12.1 Å². The molecule has 2 heterocycles. The quantitative estimate of drug-likeness (QED) is 0.794. The van der Waals surface area contributed by atoms with Crippen LogP contribution in [0.4, 0.5) is 13.2 Å². The van der Waals surface area contributed by atoms with Crippen LogP contribution < -0.4 is 0 Å². The molecule has 0 N–H and O–H groups in total. The van der Waals surface area contributed by atoms with Gasteiger partial charge in [0.05, 0.1) is 12.2 Å². The Hall–Kier alpha value is -2.56. The number of aromatic nitrogens is 2. The summed E-state index contributed by atoms with van der Waals surface area (Å²) in [6.45, 7) is 1.41. The van der Waals surface area contributed by atoms with Gasteiger partial charge < -0.3 is 4.74 Å². The Morgan fingerprint density at radius 3 is 2.75 bits per heavy atom. The summed E-state index contributed by atoms with van der Waals surface area (Å²) in [6, 6.07) is 4.33. The molecular formula is C12H8F3N3O2. The fourth-order valence-corrected chi connectivity index (χ4v) is 1.70. The van der Waals surface area contributed by atoms with Crippen molar-refractivity contribution >= 4 is 11.6 Å². The van der Waals surface area contributed by atoms with Crippen LogP contribution in [0.2, 0.25) is 0 Å². The van der Waals surface area contributed by atoms with Gasteiger partial charge in [-0.2, -0.15) is 18.4 Å². The number of fused-ring (bicyclic) bond motifs is 1. The summed E-state index contributed by atoms with van der Waals surface area (Å²) in [5, 5.41) is 8.77. The average molecular weight is 283 g/mol. The van der Waals surface area contributed by atoms with E-state index in [9.17, 15) is 18.0 Å². The zero-order chi connectivity index (χ0) is 14.9. The second-order valence-corrected chi connectivity index (χ2v) is 3.79. The molecule has 0 unspecified atom stereocenters. The summed E-state index contributed by atoms with van der Waals surface area (Å²) in [5.74, 6) is -1.14. The fraction of sp³-hybridized carbons (Fsp3) is 0.250. The van der Waals surface area contributed by atoms with E-state index in [0.29, 0.717) is 0 Å². The number of pyridine rings is 1. The highest BCUT2D eigenvalue weighted by Gasteiger charge is 2.40. The first-order valence-corrected chi connectivity index (χ1v) is 5.55. The molecule has 5 nitrogen and oxygen atoms in total. The number of imidazole rings is 1. The lowest BCUT2D eigenvalue weighted by molar-refractivity contribution is -0.141. The van der Waals surface area contributed by atoms with E-state index in [1.807, 2.05) is 0 Å². The van der Waals surface area contributed by atoms with Gasteiger partial charge in [-0.25, -0.2) is 9.78 Å². The minimum atomic E-state index is -4.79. The van der Waals surface area contributed by atoms with Crippen molar-refractivity contribution in [2.75, 3.05) is 6.61 Å². The van der Waals surface area contributed by atoms with Gasteiger partial charge in [0.2, 0.25) is 0 Å². The molecular weight excluding hydrogens is 275 g/mol. The number of rotatable bonds is 2. The monoisotopic (exact) mass is 283 g/mol. The largest absolute Gasteiger partial charge is 0.461 e. The van der Waals surface area contributed by atoms with Gasteiger partial charge in [0.25, 0.3) is 0 Å². The highest BCUT2D eigenvalue weighted by atomic mass is 19.4. The summed E-state index contributed by atoms with van der Waals surface area (Å²) < 4.78 is 44.3. The zero-order valence-corrected chi connectivity index (χ0v) is 10.2. The van der Waals surface area contributed by atoms with E-state index in [2.05, 4.69) is 9.72 Å². The van der Waals surface area contributed by atoms with E-state index < -0.39 is 23.5 Å². The molecule has 0 aromatic carbocycles. The van der Waals surface area contributed by atoms with Crippen molar-refractivity contribution < 1.29 is 22.7 Å². The molecule has 0 bridgehead atoms. The number of nitrogens with zero attached hydrogens (tertiary/aromatic N) is 3. The standard InChI is InChI=1S/C12H8F3N3O2/c1-2-20-11(19)9-10(12(13,14)15)17-8-4-3-7(5-16)6-18(8)9/h3-4,6H,2H2,1H3. The molecule has 8 heteroatoms. The van der Waals surface area contributed by atoms with Crippen molar-refractivity contribution in [2.45, 2.75) is 13.1 Å². The Bertz CT molecular complexity index is 713. The SMILES string of the molecule is CCOC(=O)c1c(C(F)(F)F)nc2ccc(C#N)cn12. The molecule has 2 aromatic rings. The lowest BCUT2D eigenvalue weighted by Crippen LogP contribution is -2.16. The predicted octanol–water partition coefficient (Wildman–Crippen LogP) is 2.40. The summed E-state index contributed by atoms with van der Waals surface area (Å²) in [6.07, 6.45) is -3.68. The second kappa shape index (κ2) is 4.85. The number of carbonyl (C=O) groups is 1. The van der Waals surface area contributed by atoms with Gasteiger partial charge in [0.15, 0.2) is 11.4 Å². The maximum absolute atomic E-state index is 12.9. The lowest BCUT2D eigenvalue weighted by atomic mass is 10.3. The molecule has 0 saturated heterocycles. The fourth-order valence-electron chi connectivity index (χ4n) is 1.70. The molecule has 0 aliphatic rings. The first kappa shape index (κ1) is 13.9. The lowest BCUT2D eigenvalue weighted by Gasteiger charge is -2.07. The summed E-state index contributed by atoms with van der Waals surface area (Å²) >= 11 is 0. The molecule has 0 atom stereocenters. The number of halogens is 3. The molecule has 0 aliphatic carbocycles. The molecule has 2 aromatic heterocycles. The predicted molar refractivity (Wildman–Crippen MR) is 60.9 cm³/mol. The highest BCUT2D eigenvalue weighted by molar-refractivity contribution is 5.90. The molecule has 0 aliphatic heterocycles. The van der Waals surface area contributed by atoms with Crippen LogP contribution >= 0.6 is 0 Å². The highest BCUT2D eigenvalue weighted by Crippen LogP contribution is 2.32. The molecule has 20 heavy (non-hydrogen) atoms. The molecule has 0 fully saturated rings. The van der Waals surface area contributed by atoms with Gasteiger partial charge in [-0.05, 0) is 19.1 Å². The normalized spacial score (nSPS) is 11.3. The van der Waals surface area contributed by atoms with E-state index in [-0.39, 0.29) is 17.8 Å². The van der Waals surface area contributed by atoms with Gasteiger partial charge in [-0.3, -0.25) is 4.40 Å². The van der Waals surface area contributed by atoms with E-state index in [0.717, 1.165) is 10.6 Å². The number of hydrogen-bond donors (Lipinski definition) is 0. The van der Waals surface area contributed by atoms with Crippen molar-refractivity contribution in [3.05, 3.63) is 35.3 Å². The zero-order valence-electron chi connectivity index (χ0n) is 10.2. The van der Waals surface area contributed by atoms with E-state index in [1.165, 1.54) is 19.1 Å². The van der Waals surface area contributed by atoms with Crippen LogP contribution in [0.15, 0.2) is 18.3 Å². The Morgan fingerprint density at radius 2 is 2.20 bits per heavy atom. The molecule has 104 valence electrons. The molecule has 2 rings (SSSR count).